The number of pyridine rings is 1. The van der Waals surface area contributed by atoms with Crippen LogP contribution in [0, 0.1) is 0 Å². The Morgan fingerprint density at radius 1 is 1.47 bits per heavy atom. The van der Waals surface area contributed by atoms with Crippen molar-refractivity contribution >= 4 is 0 Å². The molecule has 0 aromatic carbocycles. The number of nitrogens with zero attached hydrogens (tertiary/aromatic N) is 1. The van der Waals surface area contributed by atoms with Crippen LogP contribution in [0.4, 0.5) is 0 Å². The first-order valence-corrected chi connectivity index (χ1v) is 5.70. The summed E-state index contributed by atoms with van der Waals surface area (Å²) in [6.07, 6.45) is 3.64. The van der Waals surface area contributed by atoms with Crippen LogP contribution in [0.2, 0.25) is 0 Å². The summed E-state index contributed by atoms with van der Waals surface area (Å²) in [6, 6.07) is 6.68. The van der Waals surface area contributed by atoms with E-state index in [4.69, 9.17) is 4.74 Å². The summed E-state index contributed by atoms with van der Waals surface area (Å²) in [7, 11) is 0. The fourth-order valence-corrected chi connectivity index (χ4v) is 1.38. The number of hydrogen-bond donors (Lipinski definition) is 1. The van der Waals surface area contributed by atoms with Crippen LogP contribution in [0.1, 0.15) is 31.9 Å². The van der Waals surface area contributed by atoms with Crippen LogP contribution in [0.3, 0.4) is 0 Å². The van der Waals surface area contributed by atoms with E-state index < -0.39 is 0 Å². The molecule has 0 aliphatic heterocycles. The molecule has 0 spiro atoms. The zero-order valence-corrected chi connectivity index (χ0v) is 9.20. The van der Waals surface area contributed by atoms with Crippen molar-refractivity contribution in [2.45, 2.75) is 38.8 Å². The molecule has 0 bridgehead atoms. The van der Waals surface area contributed by atoms with Gasteiger partial charge in [0.2, 0.25) is 5.88 Å². The van der Waals surface area contributed by atoms with Gasteiger partial charge in [0.1, 0.15) is 0 Å². The molecule has 82 valence electrons. The molecule has 0 amide bonds. The van der Waals surface area contributed by atoms with Crippen LogP contribution in [-0.2, 0) is 6.54 Å². The topological polar surface area (TPSA) is 34.1 Å². The van der Waals surface area contributed by atoms with Gasteiger partial charge in [0, 0.05) is 18.7 Å². The predicted octanol–water partition coefficient (Wildman–Crippen LogP) is 2.12. The highest BCUT2D eigenvalue weighted by Crippen LogP contribution is 2.19. The number of ether oxygens (including phenoxy) is 1. The molecule has 1 aromatic rings. The van der Waals surface area contributed by atoms with Crippen molar-refractivity contribution in [1.82, 2.24) is 10.3 Å². The third kappa shape index (κ3) is 3.51. The molecule has 0 radical (unpaired) electrons. The molecule has 0 unspecified atom stereocenters. The molecule has 1 aliphatic rings. The third-order valence-corrected chi connectivity index (χ3v) is 2.38. The van der Waals surface area contributed by atoms with Gasteiger partial charge in [-0.1, -0.05) is 13.0 Å². The maximum Gasteiger partial charge on any atom is 0.213 e. The fraction of sp³-hybridized carbons (Fsp3) is 0.583. The first-order valence-electron chi connectivity index (χ1n) is 5.70. The lowest BCUT2D eigenvalue weighted by atomic mass is 10.3. The van der Waals surface area contributed by atoms with Crippen molar-refractivity contribution in [2.75, 3.05) is 6.61 Å². The first-order chi connectivity index (χ1) is 7.38. The standard InChI is InChI=1S/C12H18N2O/c1-2-8-15-12-5-3-4-11(14-12)9-13-10-6-7-10/h3-5,10,13H,2,6-9H2,1H3. The molecule has 1 heterocycles. The van der Waals surface area contributed by atoms with Crippen molar-refractivity contribution in [1.29, 1.82) is 0 Å². The summed E-state index contributed by atoms with van der Waals surface area (Å²) in [5.41, 5.74) is 1.07. The summed E-state index contributed by atoms with van der Waals surface area (Å²) in [4.78, 5) is 4.43. The van der Waals surface area contributed by atoms with Crippen LogP contribution in [0.15, 0.2) is 18.2 Å². The van der Waals surface area contributed by atoms with Gasteiger partial charge in [0.05, 0.1) is 12.3 Å². The average Bonchev–Trinajstić information content (AvgIpc) is 3.08. The fourth-order valence-electron chi connectivity index (χ4n) is 1.38. The Morgan fingerprint density at radius 3 is 3.07 bits per heavy atom. The van der Waals surface area contributed by atoms with Gasteiger partial charge in [-0.25, -0.2) is 4.98 Å². The highest BCUT2D eigenvalue weighted by Gasteiger charge is 2.20. The smallest absolute Gasteiger partial charge is 0.213 e. The lowest BCUT2D eigenvalue weighted by Crippen LogP contribution is -2.16. The number of aromatic nitrogens is 1. The van der Waals surface area contributed by atoms with E-state index in [9.17, 15) is 0 Å². The molecule has 1 aromatic heterocycles. The van der Waals surface area contributed by atoms with Crippen molar-refractivity contribution < 1.29 is 4.74 Å². The normalized spacial score (nSPS) is 15.3. The van der Waals surface area contributed by atoms with E-state index in [1.54, 1.807) is 0 Å². The maximum atomic E-state index is 5.48. The summed E-state index contributed by atoms with van der Waals surface area (Å²) >= 11 is 0. The summed E-state index contributed by atoms with van der Waals surface area (Å²) in [6.45, 7) is 3.69. The second-order valence-corrected chi connectivity index (χ2v) is 3.97. The number of rotatable bonds is 6. The van der Waals surface area contributed by atoms with Gasteiger partial charge in [-0.05, 0) is 25.3 Å². The van der Waals surface area contributed by atoms with E-state index in [2.05, 4.69) is 17.2 Å². The van der Waals surface area contributed by atoms with Crippen LogP contribution < -0.4 is 10.1 Å². The van der Waals surface area contributed by atoms with Gasteiger partial charge in [-0.3, -0.25) is 0 Å². The average molecular weight is 206 g/mol. The zero-order chi connectivity index (χ0) is 10.5. The Morgan fingerprint density at radius 2 is 2.33 bits per heavy atom. The molecular weight excluding hydrogens is 188 g/mol. The Balaban J connectivity index is 1.85. The van der Waals surface area contributed by atoms with Crippen LogP contribution in [0.5, 0.6) is 5.88 Å². The molecule has 3 heteroatoms. The van der Waals surface area contributed by atoms with E-state index in [0.717, 1.165) is 37.2 Å². The van der Waals surface area contributed by atoms with Gasteiger partial charge in [0.25, 0.3) is 0 Å². The Kier molecular flexibility index (Phi) is 3.56. The van der Waals surface area contributed by atoms with Gasteiger partial charge in [0.15, 0.2) is 0 Å². The number of nitrogens with one attached hydrogen (secondary N) is 1. The molecule has 1 fully saturated rings. The van der Waals surface area contributed by atoms with Crippen LogP contribution >= 0.6 is 0 Å². The monoisotopic (exact) mass is 206 g/mol. The molecule has 1 saturated carbocycles. The highest BCUT2D eigenvalue weighted by molar-refractivity contribution is 5.15. The molecule has 15 heavy (non-hydrogen) atoms. The van der Waals surface area contributed by atoms with Crippen LogP contribution in [0.25, 0.3) is 0 Å². The molecule has 0 atom stereocenters. The zero-order valence-electron chi connectivity index (χ0n) is 9.20. The minimum Gasteiger partial charge on any atom is -0.478 e. The van der Waals surface area contributed by atoms with Gasteiger partial charge < -0.3 is 10.1 Å². The maximum absolute atomic E-state index is 5.48. The summed E-state index contributed by atoms with van der Waals surface area (Å²) in [5, 5.41) is 3.44. The van der Waals surface area contributed by atoms with E-state index in [0.29, 0.717) is 0 Å². The quantitative estimate of drug-likeness (QED) is 0.774. The number of hydrogen-bond acceptors (Lipinski definition) is 3. The van der Waals surface area contributed by atoms with Crippen molar-refractivity contribution in [3.63, 3.8) is 0 Å². The van der Waals surface area contributed by atoms with Crippen molar-refractivity contribution in [3.8, 4) is 5.88 Å². The molecule has 0 saturated heterocycles. The Labute approximate surface area is 90.9 Å². The second kappa shape index (κ2) is 5.12. The lowest BCUT2D eigenvalue weighted by molar-refractivity contribution is 0.304. The first kappa shape index (κ1) is 10.4. The summed E-state index contributed by atoms with van der Waals surface area (Å²) in [5.74, 6) is 0.743. The molecule has 2 rings (SSSR count). The van der Waals surface area contributed by atoms with E-state index in [1.807, 2.05) is 18.2 Å². The molecular formula is C12H18N2O. The minimum atomic E-state index is 0.729. The minimum absolute atomic E-state index is 0.729. The molecule has 1 aliphatic carbocycles. The van der Waals surface area contributed by atoms with Gasteiger partial charge in [-0.2, -0.15) is 0 Å². The molecule has 3 nitrogen and oxygen atoms in total. The van der Waals surface area contributed by atoms with Gasteiger partial charge >= 0.3 is 0 Å². The lowest BCUT2D eigenvalue weighted by Gasteiger charge is -2.06. The van der Waals surface area contributed by atoms with E-state index >= 15 is 0 Å². The largest absolute Gasteiger partial charge is 0.478 e. The Bertz CT molecular complexity index is 310. The second-order valence-electron chi connectivity index (χ2n) is 3.97. The van der Waals surface area contributed by atoms with E-state index in [-0.39, 0.29) is 0 Å². The summed E-state index contributed by atoms with van der Waals surface area (Å²) < 4.78 is 5.48. The highest BCUT2D eigenvalue weighted by atomic mass is 16.5. The van der Waals surface area contributed by atoms with E-state index in [1.165, 1.54) is 12.8 Å². The SMILES string of the molecule is CCCOc1cccc(CNC2CC2)n1. The van der Waals surface area contributed by atoms with Crippen molar-refractivity contribution in [2.24, 2.45) is 0 Å². The van der Waals surface area contributed by atoms with Crippen LogP contribution in [-0.4, -0.2) is 17.6 Å². The third-order valence-electron chi connectivity index (χ3n) is 2.38. The van der Waals surface area contributed by atoms with Gasteiger partial charge in [-0.15, -0.1) is 0 Å². The predicted molar refractivity (Wildman–Crippen MR) is 59.9 cm³/mol. The Hall–Kier alpha value is -1.09. The molecule has 1 N–H and O–H groups in total. The van der Waals surface area contributed by atoms with Crippen molar-refractivity contribution in [3.05, 3.63) is 23.9 Å².